The van der Waals surface area contributed by atoms with Gasteiger partial charge in [-0.15, -0.1) is 0 Å². The number of likely N-dealkylation sites (tertiary alicyclic amines) is 1. The first kappa shape index (κ1) is 15.3. The number of aromatic nitrogens is 2. The molecule has 2 aromatic rings. The maximum absolute atomic E-state index is 13.2. The summed E-state index contributed by atoms with van der Waals surface area (Å²) < 4.78 is 26.4. The SMILES string of the molecule is O=C(c1cncc(=O)[nH]1)N1CCC(Cc2cc(F)cc(F)c2)C1. The molecule has 1 unspecified atom stereocenters. The molecule has 0 radical (unpaired) electrons. The van der Waals surface area contributed by atoms with Gasteiger partial charge >= 0.3 is 0 Å². The van der Waals surface area contributed by atoms with Gasteiger partial charge in [-0.3, -0.25) is 14.6 Å². The molecule has 120 valence electrons. The van der Waals surface area contributed by atoms with Gasteiger partial charge in [-0.1, -0.05) is 0 Å². The van der Waals surface area contributed by atoms with E-state index in [1.54, 1.807) is 4.90 Å². The summed E-state index contributed by atoms with van der Waals surface area (Å²) in [4.78, 5) is 31.3. The van der Waals surface area contributed by atoms with Gasteiger partial charge in [-0.25, -0.2) is 8.78 Å². The zero-order chi connectivity index (χ0) is 16.4. The normalized spacial score (nSPS) is 17.5. The summed E-state index contributed by atoms with van der Waals surface area (Å²) in [6, 6.07) is 3.46. The van der Waals surface area contributed by atoms with Crippen molar-refractivity contribution in [2.45, 2.75) is 12.8 Å². The van der Waals surface area contributed by atoms with Gasteiger partial charge in [0.15, 0.2) is 0 Å². The summed E-state index contributed by atoms with van der Waals surface area (Å²) in [7, 11) is 0. The van der Waals surface area contributed by atoms with Crippen LogP contribution < -0.4 is 5.56 Å². The number of aromatic amines is 1. The molecule has 1 aliphatic rings. The van der Waals surface area contributed by atoms with Gasteiger partial charge in [-0.05, 0) is 36.5 Å². The van der Waals surface area contributed by atoms with Crippen molar-refractivity contribution in [3.05, 3.63) is 63.8 Å². The minimum atomic E-state index is -0.598. The molecular weight excluding hydrogens is 304 g/mol. The molecule has 0 bridgehead atoms. The molecule has 1 atom stereocenters. The van der Waals surface area contributed by atoms with Gasteiger partial charge in [0.25, 0.3) is 11.5 Å². The van der Waals surface area contributed by atoms with E-state index in [0.717, 1.165) is 18.7 Å². The molecule has 1 aliphatic heterocycles. The van der Waals surface area contributed by atoms with E-state index in [1.807, 2.05) is 0 Å². The van der Waals surface area contributed by atoms with Crippen LogP contribution in [0.4, 0.5) is 8.78 Å². The molecule has 2 heterocycles. The Morgan fingerprint density at radius 2 is 2.00 bits per heavy atom. The van der Waals surface area contributed by atoms with Crippen LogP contribution in [0.5, 0.6) is 0 Å². The number of halogens is 2. The van der Waals surface area contributed by atoms with E-state index in [9.17, 15) is 18.4 Å². The molecular formula is C16H15F2N3O2. The Morgan fingerprint density at radius 1 is 1.26 bits per heavy atom. The van der Waals surface area contributed by atoms with Gasteiger partial charge < -0.3 is 9.88 Å². The van der Waals surface area contributed by atoms with E-state index in [-0.39, 0.29) is 17.5 Å². The van der Waals surface area contributed by atoms with Crippen LogP contribution in [-0.2, 0) is 6.42 Å². The number of H-pyrrole nitrogens is 1. The Kier molecular flexibility index (Phi) is 4.18. The van der Waals surface area contributed by atoms with Crippen LogP contribution in [0.3, 0.4) is 0 Å². The standard InChI is InChI=1S/C16H15F2N3O2/c17-12-4-11(5-13(18)6-12)3-10-1-2-21(9-10)16(23)14-7-19-8-15(22)20-14/h4-8,10H,1-3,9H2,(H,20,22). The lowest BCUT2D eigenvalue weighted by atomic mass is 9.98. The van der Waals surface area contributed by atoms with E-state index < -0.39 is 17.2 Å². The van der Waals surface area contributed by atoms with E-state index in [0.29, 0.717) is 25.1 Å². The van der Waals surface area contributed by atoms with Crippen LogP contribution in [0.15, 0.2) is 35.4 Å². The van der Waals surface area contributed by atoms with Crippen molar-refractivity contribution < 1.29 is 13.6 Å². The predicted octanol–water partition coefficient (Wildman–Crippen LogP) is 1.75. The van der Waals surface area contributed by atoms with Crippen molar-refractivity contribution in [1.29, 1.82) is 0 Å². The topological polar surface area (TPSA) is 66.1 Å². The van der Waals surface area contributed by atoms with Gasteiger partial charge in [0, 0.05) is 19.2 Å². The Morgan fingerprint density at radius 3 is 2.70 bits per heavy atom. The van der Waals surface area contributed by atoms with Crippen molar-refractivity contribution in [2.24, 2.45) is 5.92 Å². The number of carbonyl (C=O) groups is 1. The molecule has 5 nitrogen and oxygen atoms in total. The lowest BCUT2D eigenvalue weighted by Gasteiger charge is -2.16. The second kappa shape index (κ2) is 6.28. The zero-order valence-electron chi connectivity index (χ0n) is 12.3. The first-order chi connectivity index (χ1) is 11.0. The number of nitrogens with one attached hydrogen (secondary N) is 1. The van der Waals surface area contributed by atoms with Crippen molar-refractivity contribution >= 4 is 5.91 Å². The fraction of sp³-hybridized carbons (Fsp3) is 0.312. The molecule has 1 aromatic carbocycles. The quantitative estimate of drug-likeness (QED) is 0.937. The molecule has 0 saturated carbocycles. The average molecular weight is 319 g/mol. The summed E-state index contributed by atoms with van der Waals surface area (Å²) >= 11 is 0. The van der Waals surface area contributed by atoms with Crippen LogP contribution in [-0.4, -0.2) is 33.9 Å². The molecule has 1 fully saturated rings. The molecule has 1 amide bonds. The summed E-state index contributed by atoms with van der Waals surface area (Å²) in [5, 5.41) is 0. The summed E-state index contributed by atoms with van der Waals surface area (Å²) in [6.07, 6.45) is 3.66. The number of benzene rings is 1. The molecule has 0 aliphatic carbocycles. The zero-order valence-corrected chi connectivity index (χ0v) is 12.3. The summed E-state index contributed by atoms with van der Waals surface area (Å²) in [6.45, 7) is 1.02. The Balaban J connectivity index is 1.66. The highest BCUT2D eigenvalue weighted by atomic mass is 19.1. The molecule has 1 aromatic heterocycles. The van der Waals surface area contributed by atoms with Crippen LogP contribution in [0.2, 0.25) is 0 Å². The third-order valence-corrected chi connectivity index (χ3v) is 3.90. The Labute approximate surface area is 131 Å². The van der Waals surface area contributed by atoms with Gasteiger partial charge in [0.05, 0.1) is 12.4 Å². The summed E-state index contributed by atoms with van der Waals surface area (Å²) in [5.74, 6) is -1.36. The number of nitrogens with zero attached hydrogens (tertiary/aromatic N) is 2. The van der Waals surface area contributed by atoms with Crippen LogP contribution >= 0.6 is 0 Å². The second-order valence-corrected chi connectivity index (χ2v) is 5.70. The monoisotopic (exact) mass is 319 g/mol. The van der Waals surface area contributed by atoms with Crippen molar-refractivity contribution in [3.63, 3.8) is 0 Å². The van der Waals surface area contributed by atoms with Crippen molar-refractivity contribution in [1.82, 2.24) is 14.9 Å². The van der Waals surface area contributed by atoms with Crippen LogP contribution in [0.25, 0.3) is 0 Å². The number of hydrogen-bond acceptors (Lipinski definition) is 3. The number of amides is 1. The third-order valence-electron chi connectivity index (χ3n) is 3.90. The number of carbonyl (C=O) groups excluding carboxylic acids is 1. The molecule has 1 saturated heterocycles. The molecule has 23 heavy (non-hydrogen) atoms. The highest BCUT2D eigenvalue weighted by molar-refractivity contribution is 5.92. The summed E-state index contributed by atoms with van der Waals surface area (Å²) in [5.41, 5.74) is 0.299. The maximum Gasteiger partial charge on any atom is 0.271 e. The molecule has 0 spiro atoms. The molecule has 7 heteroatoms. The van der Waals surface area contributed by atoms with E-state index in [1.165, 1.54) is 18.3 Å². The highest BCUT2D eigenvalue weighted by Crippen LogP contribution is 2.22. The average Bonchev–Trinajstić information content (AvgIpc) is 2.94. The van der Waals surface area contributed by atoms with E-state index >= 15 is 0 Å². The fourth-order valence-corrected chi connectivity index (χ4v) is 2.90. The maximum atomic E-state index is 13.2. The highest BCUT2D eigenvalue weighted by Gasteiger charge is 2.27. The first-order valence-electron chi connectivity index (χ1n) is 7.30. The smallest absolute Gasteiger partial charge is 0.271 e. The van der Waals surface area contributed by atoms with Crippen LogP contribution in [0, 0.1) is 17.6 Å². The van der Waals surface area contributed by atoms with Crippen molar-refractivity contribution in [3.8, 4) is 0 Å². The Hall–Kier alpha value is -2.57. The van der Waals surface area contributed by atoms with E-state index in [2.05, 4.69) is 9.97 Å². The molecule has 1 N–H and O–H groups in total. The largest absolute Gasteiger partial charge is 0.337 e. The number of hydrogen-bond donors (Lipinski definition) is 1. The Bertz CT molecular complexity index is 771. The fourth-order valence-electron chi connectivity index (χ4n) is 2.90. The third kappa shape index (κ3) is 3.61. The minimum absolute atomic E-state index is 0.128. The van der Waals surface area contributed by atoms with Gasteiger partial charge in [-0.2, -0.15) is 0 Å². The first-order valence-corrected chi connectivity index (χ1v) is 7.30. The molecule has 3 rings (SSSR count). The minimum Gasteiger partial charge on any atom is -0.337 e. The lowest BCUT2D eigenvalue weighted by Crippen LogP contribution is -2.31. The predicted molar refractivity (Wildman–Crippen MR) is 78.9 cm³/mol. The van der Waals surface area contributed by atoms with Gasteiger partial charge in [0.2, 0.25) is 0 Å². The van der Waals surface area contributed by atoms with E-state index in [4.69, 9.17) is 0 Å². The second-order valence-electron chi connectivity index (χ2n) is 5.70. The van der Waals surface area contributed by atoms with Crippen LogP contribution in [0.1, 0.15) is 22.5 Å². The van der Waals surface area contributed by atoms with Gasteiger partial charge in [0.1, 0.15) is 17.3 Å². The lowest BCUT2D eigenvalue weighted by molar-refractivity contribution is 0.0780. The number of rotatable bonds is 3. The van der Waals surface area contributed by atoms with Crippen molar-refractivity contribution in [2.75, 3.05) is 13.1 Å².